The second-order valence-electron chi connectivity index (χ2n) is 3.27. The molecule has 1 amide bonds. The minimum Gasteiger partial charge on any atom is -0.354 e. The molecule has 0 bridgehead atoms. The van der Waals surface area contributed by atoms with E-state index in [4.69, 9.17) is 21.1 Å². The SMILES string of the molecule is COC(CNC(=O)c1cc(Cl)cc(Br)c1)OC. The summed E-state index contributed by atoms with van der Waals surface area (Å²) < 4.78 is 10.7. The zero-order chi connectivity index (χ0) is 12.8. The van der Waals surface area contributed by atoms with Crippen molar-refractivity contribution in [2.45, 2.75) is 6.29 Å². The number of rotatable bonds is 5. The molecular formula is C11H13BrClNO3. The van der Waals surface area contributed by atoms with Crippen molar-refractivity contribution in [3.63, 3.8) is 0 Å². The third-order valence-electron chi connectivity index (χ3n) is 2.08. The maximum absolute atomic E-state index is 11.8. The molecule has 0 aliphatic heterocycles. The first-order chi connectivity index (χ1) is 8.06. The number of benzene rings is 1. The molecule has 0 unspecified atom stereocenters. The van der Waals surface area contributed by atoms with Gasteiger partial charge in [-0.1, -0.05) is 27.5 Å². The minimum absolute atomic E-state index is 0.229. The molecule has 94 valence electrons. The highest BCUT2D eigenvalue weighted by Gasteiger charge is 2.10. The van der Waals surface area contributed by atoms with E-state index in [0.717, 1.165) is 4.47 Å². The first-order valence-electron chi connectivity index (χ1n) is 4.86. The largest absolute Gasteiger partial charge is 0.354 e. The van der Waals surface area contributed by atoms with Gasteiger partial charge >= 0.3 is 0 Å². The molecule has 1 rings (SSSR count). The number of methoxy groups -OCH3 is 2. The molecule has 1 aromatic carbocycles. The van der Waals surface area contributed by atoms with Crippen LogP contribution in [0.1, 0.15) is 10.4 Å². The first kappa shape index (κ1) is 14.4. The van der Waals surface area contributed by atoms with E-state index in [9.17, 15) is 4.79 Å². The fraction of sp³-hybridized carbons (Fsp3) is 0.364. The van der Waals surface area contributed by atoms with Crippen molar-refractivity contribution in [3.05, 3.63) is 33.3 Å². The molecule has 1 N–H and O–H groups in total. The normalized spacial score (nSPS) is 10.6. The van der Waals surface area contributed by atoms with Crippen LogP contribution in [0.3, 0.4) is 0 Å². The van der Waals surface area contributed by atoms with Crippen LogP contribution in [0.2, 0.25) is 5.02 Å². The summed E-state index contributed by atoms with van der Waals surface area (Å²) in [5, 5.41) is 3.19. The van der Waals surface area contributed by atoms with Crippen LogP contribution < -0.4 is 5.32 Å². The summed E-state index contributed by atoms with van der Waals surface area (Å²) in [5.74, 6) is -0.229. The molecule has 0 aliphatic carbocycles. The summed E-state index contributed by atoms with van der Waals surface area (Å²) in [5.41, 5.74) is 0.482. The lowest BCUT2D eigenvalue weighted by Crippen LogP contribution is -2.34. The van der Waals surface area contributed by atoms with E-state index < -0.39 is 6.29 Å². The van der Waals surface area contributed by atoms with Gasteiger partial charge < -0.3 is 14.8 Å². The van der Waals surface area contributed by atoms with Crippen LogP contribution in [-0.2, 0) is 9.47 Å². The van der Waals surface area contributed by atoms with Gasteiger partial charge in [0.15, 0.2) is 6.29 Å². The predicted molar refractivity (Wildman–Crippen MR) is 69.3 cm³/mol. The number of nitrogens with one attached hydrogen (secondary N) is 1. The third kappa shape index (κ3) is 4.63. The van der Waals surface area contributed by atoms with Crippen LogP contribution in [-0.4, -0.2) is 33.0 Å². The quantitative estimate of drug-likeness (QED) is 0.847. The monoisotopic (exact) mass is 321 g/mol. The van der Waals surface area contributed by atoms with Gasteiger partial charge in [-0.3, -0.25) is 4.79 Å². The van der Waals surface area contributed by atoms with Crippen LogP contribution >= 0.6 is 27.5 Å². The second kappa shape index (κ2) is 6.96. The van der Waals surface area contributed by atoms with Crippen molar-refractivity contribution < 1.29 is 14.3 Å². The van der Waals surface area contributed by atoms with E-state index >= 15 is 0 Å². The molecule has 17 heavy (non-hydrogen) atoms. The molecule has 0 heterocycles. The number of carbonyl (C=O) groups is 1. The highest BCUT2D eigenvalue weighted by atomic mass is 79.9. The maximum Gasteiger partial charge on any atom is 0.251 e. The van der Waals surface area contributed by atoms with Crippen molar-refractivity contribution in [1.29, 1.82) is 0 Å². The predicted octanol–water partition coefficient (Wildman–Crippen LogP) is 2.45. The van der Waals surface area contributed by atoms with E-state index in [1.165, 1.54) is 14.2 Å². The van der Waals surface area contributed by atoms with Gasteiger partial charge in [0.05, 0.1) is 6.54 Å². The fourth-order valence-electron chi connectivity index (χ4n) is 1.23. The number of hydrogen-bond acceptors (Lipinski definition) is 3. The molecule has 0 saturated heterocycles. The van der Waals surface area contributed by atoms with Crippen LogP contribution in [0.15, 0.2) is 22.7 Å². The maximum atomic E-state index is 11.8. The number of hydrogen-bond donors (Lipinski definition) is 1. The van der Waals surface area contributed by atoms with Crippen LogP contribution in [0.25, 0.3) is 0 Å². The lowest BCUT2D eigenvalue weighted by Gasteiger charge is -2.14. The number of ether oxygens (including phenoxy) is 2. The van der Waals surface area contributed by atoms with Gasteiger partial charge in [0.25, 0.3) is 5.91 Å². The molecule has 0 atom stereocenters. The van der Waals surface area contributed by atoms with E-state index in [1.54, 1.807) is 18.2 Å². The lowest BCUT2D eigenvalue weighted by atomic mass is 10.2. The average Bonchev–Trinajstić information content (AvgIpc) is 2.28. The van der Waals surface area contributed by atoms with Crippen molar-refractivity contribution in [3.8, 4) is 0 Å². The highest BCUT2D eigenvalue weighted by Crippen LogP contribution is 2.19. The lowest BCUT2D eigenvalue weighted by molar-refractivity contribution is -0.0974. The van der Waals surface area contributed by atoms with Crippen LogP contribution in [0.5, 0.6) is 0 Å². The second-order valence-corrected chi connectivity index (χ2v) is 4.62. The van der Waals surface area contributed by atoms with Gasteiger partial charge in [0.1, 0.15) is 0 Å². The molecule has 4 nitrogen and oxygen atoms in total. The molecule has 1 aromatic rings. The van der Waals surface area contributed by atoms with Crippen molar-refractivity contribution in [2.75, 3.05) is 20.8 Å². The number of carbonyl (C=O) groups excluding carboxylic acids is 1. The van der Waals surface area contributed by atoms with Crippen molar-refractivity contribution in [1.82, 2.24) is 5.32 Å². The fourth-order valence-corrected chi connectivity index (χ4v) is 2.09. The molecule has 0 aromatic heterocycles. The van der Waals surface area contributed by atoms with Gasteiger partial charge in [-0.25, -0.2) is 0 Å². The molecule has 0 spiro atoms. The summed E-state index contributed by atoms with van der Waals surface area (Å²) in [7, 11) is 3.02. The van der Waals surface area contributed by atoms with Gasteiger partial charge in [-0.2, -0.15) is 0 Å². The summed E-state index contributed by atoms with van der Waals surface area (Å²) in [4.78, 5) is 11.8. The van der Waals surface area contributed by atoms with Crippen LogP contribution in [0.4, 0.5) is 0 Å². The number of halogens is 2. The van der Waals surface area contributed by atoms with Gasteiger partial charge in [-0.05, 0) is 18.2 Å². The molecule has 0 radical (unpaired) electrons. The Morgan fingerprint density at radius 1 is 1.41 bits per heavy atom. The van der Waals surface area contributed by atoms with E-state index in [2.05, 4.69) is 21.2 Å². The minimum atomic E-state index is -0.457. The van der Waals surface area contributed by atoms with Crippen molar-refractivity contribution in [2.24, 2.45) is 0 Å². The Morgan fingerprint density at radius 3 is 2.59 bits per heavy atom. The van der Waals surface area contributed by atoms with Gasteiger partial charge in [0.2, 0.25) is 0 Å². The average molecular weight is 323 g/mol. The Kier molecular flexibility index (Phi) is 5.91. The Hall–Kier alpha value is -0.620. The Morgan fingerprint density at radius 2 is 2.06 bits per heavy atom. The zero-order valence-electron chi connectivity index (χ0n) is 9.50. The zero-order valence-corrected chi connectivity index (χ0v) is 11.8. The molecule has 6 heteroatoms. The topological polar surface area (TPSA) is 47.6 Å². The van der Waals surface area contributed by atoms with Gasteiger partial charge in [-0.15, -0.1) is 0 Å². The van der Waals surface area contributed by atoms with Crippen LogP contribution in [0, 0.1) is 0 Å². The van der Waals surface area contributed by atoms with E-state index in [-0.39, 0.29) is 12.5 Å². The first-order valence-corrected chi connectivity index (χ1v) is 6.03. The summed E-state index contributed by atoms with van der Waals surface area (Å²) in [6, 6.07) is 5.00. The molecule has 0 fully saturated rings. The Balaban J connectivity index is 2.63. The smallest absolute Gasteiger partial charge is 0.251 e. The van der Waals surface area contributed by atoms with E-state index in [1.807, 2.05) is 0 Å². The Labute approximate surface area is 113 Å². The highest BCUT2D eigenvalue weighted by molar-refractivity contribution is 9.10. The molecular weight excluding hydrogens is 309 g/mol. The summed E-state index contributed by atoms with van der Waals surface area (Å²) >= 11 is 9.13. The molecule has 0 saturated carbocycles. The van der Waals surface area contributed by atoms with Gasteiger partial charge in [0, 0.05) is 29.3 Å². The van der Waals surface area contributed by atoms with E-state index in [0.29, 0.717) is 10.6 Å². The summed E-state index contributed by atoms with van der Waals surface area (Å²) in [6.45, 7) is 0.274. The third-order valence-corrected chi connectivity index (χ3v) is 2.76. The number of amides is 1. The standard InChI is InChI=1S/C11H13BrClNO3/c1-16-10(17-2)6-14-11(15)7-3-8(12)5-9(13)4-7/h3-5,10H,6H2,1-2H3,(H,14,15). The Bertz CT molecular complexity index is 376. The molecule has 0 aliphatic rings. The summed E-state index contributed by atoms with van der Waals surface area (Å²) in [6.07, 6.45) is -0.457. The van der Waals surface area contributed by atoms with Crippen molar-refractivity contribution >= 4 is 33.4 Å².